The fraction of sp³-hybridized carbons (Fsp3) is 0.400. The fourth-order valence-corrected chi connectivity index (χ4v) is 1.45. The highest BCUT2D eigenvalue weighted by atomic mass is 14.9. The van der Waals surface area contributed by atoms with Crippen molar-refractivity contribution in [3.05, 3.63) is 36.4 Å². The molecule has 0 aliphatic carbocycles. The number of nitrogens with zero attached hydrogens (tertiary/aromatic N) is 2. The maximum atomic E-state index is 4.17. The van der Waals surface area contributed by atoms with Crippen molar-refractivity contribution in [2.24, 2.45) is 0 Å². The third-order valence-corrected chi connectivity index (χ3v) is 2.19. The molecule has 14 heavy (non-hydrogen) atoms. The van der Waals surface area contributed by atoms with E-state index in [0.29, 0.717) is 0 Å². The highest BCUT2D eigenvalue weighted by molar-refractivity contribution is 4.89. The van der Waals surface area contributed by atoms with Crippen LogP contribution in [0.2, 0.25) is 0 Å². The molecular formula is C10H14N4. The summed E-state index contributed by atoms with van der Waals surface area (Å²) in [4.78, 5) is 14.5. The van der Waals surface area contributed by atoms with Crippen molar-refractivity contribution >= 4 is 0 Å². The molecule has 0 saturated heterocycles. The van der Waals surface area contributed by atoms with Crippen molar-refractivity contribution in [1.29, 1.82) is 0 Å². The predicted molar refractivity (Wildman–Crippen MR) is 53.8 cm³/mol. The van der Waals surface area contributed by atoms with Gasteiger partial charge in [0.2, 0.25) is 0 Å². The van der Waals surface area contributed by atoms with Crippen LogP contribution in [0.1, 0.15) is 24.5 Å². The van der Waals surface area contributed by atoms with Crippen LogP contribution < -0.4 is 0 Å². The molecule has 2 aromatic heterocycles. The van der Waals surface area contributed by atoms with Gasteiger partial charge in [-0.3, -0.25) is 0 Å². The molecule has 0 aliphatic heterocycles. The lowest BCUT2D eigenvalue weighted by molar-refractivity contribution is 0.696. The molecule has 4 heteroatoms. The molecule has 2 rings (SSSR count). The summed E-state index contributed by atoms with van der Waals surface area (Å²) in [6.07, 6.45) is 11.7. The average molecular weight is 190 g/mol. The summed E-state index contributed by atoms with van der Waals surface area (Å²) in [6.45, 7) is 0. The Labute approximate surface area is 82.8 Å². The van der Waals surface area contributed by atoms with Crippen LogP contribution in [-0.2, 0) is 12.8 Å². The van der Waals surface area contributed by atoms with Gasteiger partial charge in [-0.25, -0.2) is 9.97 Å². The summed E-state index contributed by atoms with van der Waals surface area (Å²) in [5.41, 5.74) is 0. The SMILES string of the molecule is c1c[nH]c(CCCCc2ncc[nH]2)n1. The van der Waals surface area contributed by atoms with Crippen molar-refractivity contribution in [2.45, 2.75) is 25.7 Å². The first-order valence-corrected chi connectivity index (χ1v) is 4.91. The Bertz CT molecular complexity index is 300. The first kappa shape index (κ1) is 8.99. The molecule has 0 spiro atoms. The van der Waals surface area contributed by atoms with Gasteiger partial charge in [-0.1, -0.05) is 0 Å². The van der Waals surface area contributed by atoms with Crippen molar-refractivity contribution in [3.8, 4) is 0 Å². The van der Waals surface area contributed by atoms with Gasteiger partial charge in [0.05, 0.1) is 0 Å². The van der Waals surface area contributed by atoms with Gasteiger partial charge in [0.15, 0.2) is 0 Å². The molecule has 0 amide bonds. The normalized spacial score (nSPS) is 10.6. The van der Waals surface area contributed by atoms with E-state index in [2.05, 4.69) is 19.9 Å². The smallest absolute Gasteiger partial charge is 0.105 e. The number of hydrogen-bond acceptors (Lipinski definition) is 2. The summed E-state index contributed by atoms with van der Waals surface area (Å²) >= 11 is 0. The van der Waals surface area contributed by atoms with E-state index in [1.807, 2.05) is 12.4 Å². The van der Waals surface area contributed by atoms with E-state index in [0.717, 1.165) is 37.3 Å². The zero-order valence-corrected chi connectivity index (χ0v) is 8.03. The fourth-order valence-electron chi connectivity index (χ4n) is 1.45. The van der Waals surface area contributed by atoms with Crippen LogP contribution in [0.15, 0.2) is 24.8 Å². The highest BCUT2D eigenvalue weighted by Gasteiger charge is 1.97. The summed E-state index contributed by atoms with van der Waals surface area (Å²) < 4.78 is 0. The van der Waals surface area contributed by atoms with E-state index < -0.39 is 0 Å². The van der Waals surface area contributed by atoms with Gasteiger partial charge >= 0.3 is 0 Å². The van der Waals surface area contributed by atoms with E-state index in [4.69, 9.17) is 0 Å². The van der Waals surface area contributed by atoms with Crippen LogP contribution >= 0.6 is 0 Å². The molecule has 0 radical (unpaired) electrons. The maximum Gasteiger partial charge on any atom is 0.105 e. The maximum absolute atomic E-state index is 4.17. The molecule has 0 unspecified atom stereocenters. The number of aromatic nitrogens is 4. The average Bonchev–Trinajstić information content (AvgIpc) is 2.86. The molecule has 0 atom stereocenters. The minimum absolute atomic E-state index is 1.02. The number of unbranched alkanes of at least 4 members (excludes halogenated alkanes) is 1. The van der Waals surface area contributed by atoms with Gasteiger partial charge < -0.3 is 9.97 Å². The number of nitrogens with one attached hydrogen (secondary N) is 2. The minimum atomic E-state index is 1.02. The van der Waals surface area contributed by atoms with E-state index in [1.165, 1.54) is 0 Å². The topological polar surface area (TPSA) is 57.4 Å². The first-order chi connectivity index (χ1) is 6.95. The Hall–Kier alpha value is -1.58. The Morgan fingerprint density at radius 1 is 0.857 bits per heavy atom. The van der Waals surface area contributed by atoms with Gasteiger partial charge in [-0.05, 0) is 12.8 Å². The second-order valence-electron chi connectivity index (χ2n) is 3.28. The number of rotatable bonds is 5. The number of hydrogen-bond donors (Lipinski definition) is 2. The monoisotopic (exact) mass is 190 g/mol. The number of aromatic amines is 2. The minimum Gasteiger partial charge on any atom is -0.349 e. The van der Waals surface area contributed by atoms with Gasteiger partial charge in [-0.15, -0.1) is 0 Å². The van der Waals surface area contributed by atoms with Crippen molar-refractivity contribution in [3.63, 3.8) is 0 Å². The molecule has 2 heterocycles. The predicted octanol–water partition coefficient (Wildman–Crippen LogP) is 1.70. The van der Waals surface area contributed by atoms with Crippen LogP contribution in [0.4, 0.5) is 0 Å². The molecule has 2 aromatic rings. The van der Waals surface area contributed by atoms with Crippen molar-refractivity contribution < 1.29 is 0 Å². The summed E-state index contributed by atoms with van der Waals surface area (Å²) in [6, 6.07) is 0. The zero-order chi connectivity index (χ0) is 9.64. The van der Waals surface area contributed by atoms with Crippen LogP contribution in [0, 0.1) is 0 Å². The van der Waals surface area contributed by atoms with E-state index in [-0.39, 0.29) is 0 Å². The quantitative estimate of drug-likeness (QED) is 0.705. The Kier molecular flexibility index (Phi) is 2.95. The molecule has 0 aromatic carbocycles. The highest BCUT2D eigenvalue weighted by Crippen LogP contribution is 2.02. The molecule has 0 fully saturated rings. The molecule has 0 saturated carbocycles. The molecule has 0 bridgehead atoms. The van der Waals surface area contributed by atoms with Gasteiger partial charge in [0, 0.05) is 37.6 Å². The molecular weight excluding hydrogens is 176 g/mol. The molecule has 4 nitrogen and oxygen atoms in total. The van der Waals surface area contributed by atoms with Crippen molar-refractivity contribution in [2.75, 3.05) is 0 Å². The molecule has 0 aliphatic rings. The third kappa shape index (κ3) is 2.45. The van der Waals surface area contributed by atoms with E-state index in [9.17, 15) is 0 Å². The standard InChI is InChI=1S/C10H14N4/c1(3-9-11-5-6-12-9)2-4-10-13-7-8-14-10/h5-8H,1-4H2,(H,11,12)(H,13,14). The molecule has 2 N–H and O–H groups in total. The van der Waals surface area contributed by atoms with Crippen LogP contribution in [0.5, 0.6) is 0 Å². The van der Waals surface area contributed by atoms with Gasteiger partial charge in [0.1, 0.15) is 11.6 Å². The van der Waals surface area contributed by atoms with Crippen molar-refractivity contribution in [1.82, 2.24) is 19.9 Å². The Morgan fingerprint density at radius 2 is 1.36 bits per heavy atom. The number of H-pyrrole nitrogens is 2. The van der Waals surface area contributed by atoms with Crippen LogP contribution in [0.25, 0.3) is 0 Å². The lowest BCUT2D eigenvalue weighted by Gasteiger charge is -1.96. The third-order valence-electron chi connectivity index (χ3n) is 2.19. The first-order valence-electron chi connectivity index (χ1n) is 4.91. The lowest BCUT2D eigenvalue weighted by Crippen LogP contribution is -1.92. The van der Waals surface area contributed by atoms with Crippen LogP contribution in [0.3, 0.4) is 0 Å². The summed E-state index contributed by atoms with van der Waals surface area (Å²) in [5, 5.41) is 0. The zero-order valence-electron chi connectivity index (χ0n) is 8.03. The number of imidazole rings is 2. The lowest BCUT2D eigenvalue weighted by atomic mass is 10.2. The Balaban J connectivity index is 1.65. The van der Waals surface area contributed by atoms with Gasteiger partial charge in [0.25, 0.3) is 0 Å². The second-order valence-corrected chi connectivity index (χ2v) is 3.28. The summed E-state index contributed by atoms with van der Waals surface area (Å²) in [5.74, 6) is 2.15. The van der Waals surface area contributed by atoms with Gasteiger partial charge in [-0.2, -0.15) is 0 Å². The van der Waals surface area contributed by atoms with Crippen LogP contribution in [-0.4, -0.2) is 19.9 Å². The second kappa shape index (κ2) is 4.60. The van der Waals surface area contributed by atoms with E-state index >= 15 is 0 Å². The van der Waals surface area contributed by atoms with E-state index in [1.54, 1.807) is 12.4 Å². The molecule has 74 valence electrons. The number of aryl methyl sites for hydroxylation is 2. The Morgan fingerprint density at radius 3 is 1.71 bits per heavy atom. The summed E-state index contributed by atoms with van der Waals surface area (Å²) in [7, 11) is 0. The largest absolute Gasteiger partial charge is 0.349 e.